The average Bonchev–Trinajstić information content (AvgIpc) is 3.10. The Morgan fingerprint density at radius 1 is 1.20 bits per heavy atom. The third-order valence-electron chi connectivity index (χ3n) is 4.21. The second-order valence-corrected chi connectivity index (χ2v) is 7.49. The molecule has 1 fully saturated rings. The van der Waals surface area contributed by atoms with Crippen LogP contribution in [0.25, 0.3) is 0 Å². The number of rotatable bonds is 5. The maximum absolute atomic E-state index is 12.2. The lowest BCUT2D eigenvalue weighted by atomic mass is 10.1. The first-order chi connectivity index (χ1) is 12.0. The number of nitrogens with zero attached hydrogens (tertiary/aromatic N) is 3. The van der Waals surface area contributed by atoms with Gasteiger partial charge in [0.05, 0.1) is 5.75 Å². The number of carbonyl (C=O) groups is 1. The first-order valence-electron chi connectivity index (χ1n) is 8.31. The molecule has 1 aromatic heterocycles. The predicted octanol–water partition coefficient (Wildman–Crippen LogP) is 4.08. The van der Waals surface area contributed by atoms with Crippen LogP contribution in [0.4, 0.5) is 11.5 Å². The van der Waals surface area contributed by atoms with Crippen molar-refractivity contribution in [2.45, 2.75) is 31.8 Å². The van der Waals surface area contributed by atoms with E-state index in [2.05, 4.69) is 20.2 Å². The summed E-state index contributed by atoms with van der Waals surface area (Å²) in [5.41, 5.74) is 3.16. The fourth-order valence-electron chi connectivity index (χ4n) is 2.70. The van der Waals surface area contributed by atoms with Crippen molar-refractivity contribution in [2.24, 2.45) is 0 Å². The summed E-state index contributed by atoms with van der Waals surface area (Å²) in [6, 6.07) is 7.66. The molecule has 0 radical (unpaired) electrons. The maximum Gasteiger partial charge on any atom is 0.234 e. The van der Waals surface area contributed by atoms with Crippen molar-refractivity contribution < 1.29 is 4.79 Å². The van der Waals surface area contributed by atoms with Crippen LogP contribution in [0.15, 0.2) is 29.4 Å². The van der Waals surface area contributed by atoms with Crippen molar-refractivity contribution in [2.75, 3.05) is 29.1 Å². The number of anilines is 2. The lowest BCUT2D eigenvalue weighted by Gasteiger charge is -2.16. The molecule has 1 aliphatic rings. The number of hydrogen-bond acceptors (Lipinski definition) is 5. The number of nitrogens with one attached hydrogen (secondary N) is 1. The minimum absolute atomic E-state index is 0.0837. The smallest absolute Gasteiger partial charge is 0.234 e. The highest BCUT2D eigenvalue weighted by atomic mass is 35.5. The molecule has 0 bridgehead atoms. The number of carbonyl (C=O) groups excluding carboxylic acids is 1. The molecule has 3 rings (SSSR count). The maximum atomic E-state index is 12.2. The monoisotopic (exact) mass is 376 g/mol. The van der Waals surface area contributed by atoms with Gasteiger partial charge in [-0.25, -0.2) is 9.97 Å². The topological polar surface area (TPSA) is 58.1 Å². The van der Waals surface area contributed by atoms with E-state index in [-0.39, 0.29) is 11.7 Å². The zero-order chi connectivity index (χ0) is 17.8. The van der Waals surface area contributed by atoms with E-state index in [1.54, 1.807) is 6.07 Å². The van der Waals surface area contributed by atoms with Gasteiger partial charge in [0.1, 0.15) is 11.0 Å². The van der Waals surface area contributed by atoms with Crippen molar-refractivity contribution >= 4 is 40.8 Å². The number of aromatic nitrogens is 2. The first-order valence-corrected chi connectivity index (χ1v) is 9.67. The summed E-state index contributed by atoms with van der Waals surface area (Å²) < 4.78 is 0. The average molecular weight is 377 g/mol. The number of benzene rings is 1. The highest BCUT2D eigenvalue weighted by molar-refractivity contribution is 7.99. The molecule has 1 N–H and O–H groups in total. The van der Waals surface area contributed by atoms with Gasteiger partial charge in [-0.2, -0.15) is 0 Å². The number of aryl methyl sites for hydroxylation is 2. The molecule has 7 heteroatoms. The molecule has 132 valence electrons. The van der Waals surface area contributed by atoms with Crippen LogP contribution >= 0.6 is 23.4 Å². The van der Waals surface area contributed by atoms with Gasteiger partial charge in [0.15, 0.2) is 5.16 Å². The van der Waals surface area contributed by atoms with E-state index >= 15 is 0 Å². The Morgan fingerprint density at radius 2 is 1.96 bits per heavy atom. The minimum Gasteiger partial charge on any atom is -0.356 e. The van der Waals surface area contributed by atoms with Gasteiger partial charge in [0.2, 0.25) is 5.91 Å². The molecule has 1 aliphatic heterocycles. The first kappa shape index (κ1) is 18.0. The van der Waals surface area contributed by atoms with E-state index in [1.807, 2.05) is 32.0 Å². The molecule has 25 heavy (non-hydrogen) atoms. The van der Waals surface area contributed by atoms with Crippen LogP contribution < -0.4 is 10.2 Å². The quantitative estimate of drug-likeness (QED) is 0.484. The van der Waals surface area contributed by atoms with Crippen molar-refractivity contribution in [1.29, 1.82) is 0 Å². The molecule has 0 saturated carbocycles. The Labute approximate surface area is 157 Å². The van der Waals surface area contributed by atoms with Crippen molar-refractivity contribution in [1.82, 2.24) is 9.97 Å². The van der Waals surface area contributed by atoms with Crippen LogP contribution in [-0.2, 0) is 4.79 Å². The number of thioether (sulfide) groups is 1. The van der Waals surface area contributed by atoms with Gasteiger partial charge in [-0.15, -0.1) is 0 Å². The molecule has 0 unspecified atom stereocenters. The highest BCUT2D eigenvalue weighted by Crippen LogP contribution is 2.24. The zero-order valence-corrected chi connectivity index (χ0v) is 16.0. The number of amides is 1. The fraction of sp³-hybridized carbons (Fsp3) is 0.389. The van der Waals surface area contributed by atoms with Crippen LogP contribution in [0, 0.1) is 13.8 Å². The van der Waals surface area contributed by atoms with E-state index in [4.69, 9.17) is 11.6 Å². The molecule has 1 amide bonds. The van der Waals surface area contributed by atoms with Crippen LogP contribution in [0.5, 0.6) is 0 Å². The zero-order valence-electron chi connectivity index (χ0n) is 14.4. The van der Waals surface area contributed by atoms with Crippen molar-refractivity contribution in [3.8, 4) is 0 Å². The Morgan fingerprint density at radius 3 is 2.68 bits per heavy atom. The second-order valence-electron chi connectivity index (χ2n) is 6.16. The highest BCUT2D eigenvalue weighted by Gasteiger charge is 2.16. The van der Waals surface area contributed by atoms with E-state index in [0.717, 1.165) is 30.2 Å². The molecule has 1 saturated heterocycles. The summed E-state index contributed by atoms with van der Waals surface area (Å²) in [6.07, 6.45) is 2.34. The third kappa shape index (κ3) is 4.86. The van der Waals surface area contributed by atoms with Gasteiger partial charge in [-0.1, -0.05) is 29.4 Å². The Hall–Kier alpha value is -1.79. The SMILES string of the molecule is Cc1ccc(NC(=O)CSc2nc(Cl)cc(N3CCCC3)n2)cc1C. The van der Waals surface area contributed by atoms with Crippen molar-refractivity contribution in [3.05, 3.63) is 40.5 Å². The van der Waals surface area contributed by atoms with Gasteiger partial charge < -0.3 is 10.2 Å². The molecule has 0 atom stereocenters. The molecular weight excluding hydrogens is 356 g/mol. The van der Waals surface area contributed by atoms with Crippen LogP contribution in [-0.4, -0.2) is 34.7 Å². The molecule has 5 nitrogen and oxygen atoms in total. The van der Waals surface area contributed by atoms with Gasteiger partial charge in [0.25, 0.3) is 0 Å². The molecule has 0 aliphatic carbocycles. The summed E-state index contributed by atoms with van der Waals surface area (Å²) in [6.45, 7) is 6.06. The Bertz CT molecular complexity index is 778. The van der Waals surface area contributed by atoms with Gasteiger partial charge in [0, 0.05) is 24.8 Å². The van der Waals surface area contributed by atoms with Crippen LogP contribution in [0.1, 0.15) is 24.0 Å². The number of halogens is 1. The molecule has 0 spiro atoms. The largest absolute Gasteiger partial charge is 0.356 e. The summed E-state index contributed by atoms with van der Waals surface area (Å²) in [4.78, 5) is 23.1. The second kappa shape index (κ2) is 8.06. The van der Waals surface area contributed by atoms with E-state index in [1.165, 1.54) is 30.2 Å². The standard InChI is InChI=1S/C18H21ClN4OS/c1-12-5-6-14(9-13(12)2)20-17(24)11-25-18-21-15(19)10-16(22-18)23-7-3-4-8-23/h5-6,9-10H,3-4,7-8,11H2,1-2H3,(H,20,24). The Balaban J connectivity index is 1.60. The molecular formula is C18H21ClN4OS. The summed E-state index contributed by atoms with van der Waals surface area (Å²) in [5.74, 6) is 1.00. The van der Waals surface area contributed by atoms with Crippen molar-refractivity contribution in [3.63, 3.8) is 0 Å². The predicted molar refractivity (Wildman–Crippen MR) is 104 cm³/mol. The summed E-state index contributed by atoms with van der Waals surface area (Å²) in [7, 11) is 0. The third-order valence-corrected chi connectivity index (χ3v) is 5.25. The summed E-state index contributed by atoms with van der Waals surface area (Å²) in [5, 5.41) is 3.85. The fourth-order valence-corrected chi connectivity index (χ4v) is 3.59. The molecule has 1 aromatic carbocycles. The summed E-state index contributed by atoms with van der Waals surface area (Å²) >= 11 is 7.41. The molecule has 2 aromatic rings. The molecule has 2 heterocycles. The normalized spacial score (nSPS) is 14.0. The van der Waals surface area contributed by atoms with E-state index in [0.29, 0.717) is 10.3 Å². The van der Waals surface area contributed by atoms with Gasteiger partial charge in [-0.3, -0.25) is 4.79 Å². The van der Waals surface area contributed by atoms with Gasteiger partial charge >= 0.3 is 0 Å². The van der Waals surface area contributed by atoms with E-state index < -0.39 is 0 Å². The Kier molecular flexibility index (Phi) is 5.81. The minimum atomic E-state index is -0.0837. The lowest BCUT2D eigenvalue weighted by Crippen LogP contribution is -2.19. The van der Waals surface area contributed by atoms with Gasteiger partial charge in [-0.05, 0) is 49.9 Å². The van der Waals surface area contributed by atoms with Crippen LogP contribution in [0.3, 0.4) is 0 Å². The van der Waals surface area contributed by atoms with Crippen LogP contribution in [0.2, 0.25) is 5.15 Å². The van der Waals surface area contributed by atoms with E-state index in [9.17, 15) is 4.79 Å². The number of hydrogen-bond donors (Lipinski definition) is 1. The lowest BCUT2D eigenvalue weighted by molar-refractivity contribution is -0.113.